The van der Waals surface area contributed by atoms with Crippen molar-refractivity contribution in [3.8, 4) is 5.75 Å². The van der Waals surface area contributed by atoms with Crippen molar-refractivity contribution < 1.29 is 19.1 Å². The lowest BCUT2D eigenvalue weighted by Crippen LogP contribution is -2.33. The molecule has 0 bridgehead atoms. The van der Waals surface area contributed by atoms with Gasteiger partial charge in [-0.1, -0.05) is 0 Å². The molecule has 118 valence electrons. The molecule has 1 N–H and O–H groups in total. The molecule has 1 atom stereocenters. The Morgan fingerprint density at radius 3 is 3.05 bits per heavy atom. The lowest BCUT2D eigenvalue weighted by molar-refractivity contribution is -0.119. The van der Waals surface area contributed by atoms with Crippen molar-refractivity contribution >= 4 is 23.4 Å². The predicted octanol–water partition coefficient (Wildman–Crippen LogP) is 0.976. The Kier molecular flexibility index (Phi) is 3.79. The number of fused-ring (bicyclic) bond motifs is 1. The SMILES string of the molecule is CC(=O)NC[C@H]1CN(c2ccc3c(c2)OCCN3C)C(=O)O1. The van der Waals surface area contributed by atoms with Crippen LogP contribution in [0.15, 0.2) is 18.2 Å². The quantitative estimate of drug-likeness (QED) is 0.901. The van der Waals surface area contributed by atoms with Crippen LogP contribution in [-0.2, 0) is 9.53 Å². The lowest BCUT2D eigenvalue weighted by Gasteiger charge is -2.28. The highest BCUT2D eigenvalue weighted by Crippen LogP contribution is 2.35. The number of nitrogens with one attached hydrogen (secondary N) is 1. The number of carbonyl (C=O) groups excluding carboxylic acids is 2. The molecule has 0 unspecified atom stereocenters. The van der Waals surface area contributed by atoms with E-state index in [-0.39, 0.29) is 12.0 Å². The first-order valence-electron chi connectivity index (χ1n) is 7.25. The molecule has 0 aromatic heterocycles. The summed E-state index contributed by atoms with van der Waals surface area (Å²) < 4.78 is 10.9. The number of nitrogens with zero attached hydrogens (tertiary/aromatic N) is 2. The Labute approximate surface area is 128 Å². The third kappa shape index (κ3) is 2.79. The normalized spacial score (nSPS) is 20.3. The Balaban J connectivity index is 1.74. The number of rotatable bonds is 3. The van der Waals surface area contributed by atoms with E-state index in [4.69, 9.17) is 9.47 Å². The first-order chi connectivity index (χ1) is 10.5. The molecule has 2 aliphatic heterocycles. The van der Waals surface area contributed by atoms with Crippen LogP contribution in [0, 0.1) is 0 Å². The smallest absolute Gasteiger partial charge is 0.414 e. The fraction of sp³-hybridized carbons (Fsp3) is 0.467. The Morgan fingerprint density at radius 2 is 2.27 bits per heavy atom. The van der Waals surface area contributed by atoms with Crippen LogP contribution in [0.25, 0.3) is 0 Å². The monoisotopic (exact) mass is 305 g/mol. The summed E-state index contributed by atoms with van der Waals surface area (Å²) in [6.07, 6.45) is -0.740. The van der Waals surface area contributed by atoms with Crippen LogP contribution in [0.1, 0.15) is 6.92 Å². The van der Waals surface area contributed by atoms with E-state index < -0.39 is 6.09 Å². The van der Waals surface area contributed by atoms with Crippen LogP contribution in [0.4, 0.5) is 16.2 Å². The molecule has 1 aromatic rings. The summed E-state index contributed by atoms with van der Waals surface area (Å²) in [4.78, 5) is 26.6. The number of hydrogen-bond donors (Lipinski definition) is 1. The molecule has 0 saturated carbocycles. The van der Waals surface area contributed by atoms with E-state index in [1.165, 1.54) is 6.92 Å². The number of amides is 2. The minimum Gasteiger partial charge on any atom is -0.489 e. The summed E-state index contributed by atoms with van der Waals surface area (Å²) in [5.74, 6) is 0.629. The number of benzene rings is 1. The van der Waals surface area contributed by atoms with Crippen LogP contribution in [0.2, 0.25) is 0 Å². The molecule has 2 heterocycles. The molecule has 1 fully saturated rings. The first kappa shape index (κ1) is 14.5. The van der Waals surface area contributed by atoms with Crippen molar-refractivity contribution in [2.24, 2.45) is 0 Å². The van der Waals surface area contributed by atoms with Gasteiger partial charge in [0.15, 0.2) is 0 Å². The Hall–Kier alpha value is -2.44. The number of hydrogen-bond acceptors (Lipinski definition) is 5. The number of carbonyl (C=O) groups is 2. The van der Waals surface area contributed by atoms with E-state index in [1.807, 2.05) is 25.2 Å². The van der Waals surface area contributed by atoms with E-state index in [0.29, 0.717) is 19.7 Å². The summed E-state index contributed by atoms with van der Waals surface area (Å²) in [5.41, 5.74) is 1.75. The molecule has 2 amide bonds. The second-order valence-corrected chi connectivity index (χ2v) is 5.48. The fourth-order valence-corrected chi connectivity index (χ4v) is 2.61. The maximum absolute atomic E-state index is 12.0. The Bertz CT molecular complexity index is 604. The number of anilines is 2. The average molecular weight is 305 g/mol. The molecule has 1 aromatic carbocycles. The van der Waals surface area contributed by atoms with Gasteiger partial charge in [0, 0.05) is 20.0 Å². The summed E-state index contributed by atoms with van der Waals surface area (Å²) >= 11 is 0. The highest BCUT2D eigenvalue weighted by molar-refractivity contribution is 5.90. The molecule has 7 heteroatoms. The summed E-state index contributed by atoms with van der Waals surface area (Å²) in [6.45, 7) is 3.64. The number of likely N-dealkylation sites (N-methyl/N-ethyl adjacent to an activating group) is 1. The zero-order valence-electron chi connectivity index (χ0n) is 12.7. The van der Waals surface area contributed by atoms with E-state index >= 15 is 0 Å². The highest BCUT2D eigenvalue weighted by atomic mass is 16.6. The zero-order valence-corrected chi connectivity index (χ0v) is 12.7. The number of cyclic esters (lactones) is 1. The van der Waals surface area contributed by atoms with Gasteiger partial charge in [-0.15, -0.1) is 0 Å². The molecule has 3 rings (SSSR count). The van der Waals surface area contributed by atoms with Crippen LogP contribution in [0.5, 0.6) is 5.75 Å². The predicted molar refractivity (Wildman–Crippen MR) is 81.5 cm³/mol. The maximum Gasteiger partial charge on any atom is 0.414 e. The summed E-state index contributed by atoms with van der Waals surface area (Å²) in [6, 6.07) is 5.68. The molecular formula is C15H19N3O4. The van der Waals surface area contributed by atoms with Crippen LogP contribution < -0.4 is 19.9 Å². The average Bonchev–Trinajstić information content (AvgIpc) is 2.86. The molecule has 0 spiro atoms. The van der Waals surface area contributed by atoms with Crippen LogP contribution >= 0.6 is 0 Å². The van der Waals surface area contributed by atoms with Gasteiger partial charge in [-0.05, 0) is 12.1 Å². The summed E-state index contributed by atoms with van der Waals surface area (Å²) in [7, 11) is 2.01. The van der Waals surface area contributed by atoms with Crippen LogP contribution in [-0.4, -0.2) is 51.4 Å². The lowest BCUT2D eigenvalue weighted by atomic mass is 10.2. The van der Waals surface area contributed by atoms with E-state index in [1.54, 1.807) is 4.90 Å². The van der Waals surface area contributed by atoms with Crippen molar-refractivity contribution in [3.05, 3.63) is 18.2 Å². The third-order valence-electron chi connectivity index (χ3n) is 3.80. The fourth-order valence-electron chi connectivity index (χ4n) is 2.61. The van der Waals surface area contributed by atoms with Crippen molar-refractivity contribution in [2.75, 3.05) is 43.1 Å². The van der Waals surface area contributed by atoms with Crippen molar-refractivity contribution in [1.82, 2.24) is 5.32 Å². The second kappa shape index (κ2) is 5.75. The van der Waals surface area contributed by atoms with Gasteiger partial charge in [0.2, 0.25) is 5.91 Å². The Morgan fingerprint density at radius 1 is 1.45 bits per heavy atom. The highest BCUT2D eigenvalue weighted by Gasteiger charge is 2.33. The van der Waals surface area contributed by atoms with Gasteiger partial charge in [-0.2, -0.15) is 0 Å². The third-order valence-corrected chi connectivity index (χ3v) is 3.80. The van der Waals surface area contributed by atoms with Gasteiger partial charge in [-0.25, -0.2) is 4.79 Å². The molecule has 7 nitrogen and oxygen atoms in total. The first-order valence-corrected chi connectivity index (χ1v) is 7.25. The molecular weight excluding hydrogens is 286 g/mol. The van der Waals surface area contributed by atoms with Gasteiger partial charge < -0.3 is 19.7 Å². The van der Waals surface area contributed by atoms with Gasteiger partial charge in [-0.3, -0.25) is 9.69 Å². The van der Waals surface area contributed by atoms with E-state index in [9.17, 15) is 9.59 Å². The second-order valence-electron chi connectivity index (χ2n) is 5.48. The molecule has 2 aliphatic rings. The van der Waals surface area contributed by atoms with Gasteiger partial charge in [0.05, 0.1) is 31.0 Å². The van der Waals surface area contributed by atoms with Crippen molar-refractivity contribution in [2.45, 2.75) is 13.0 Å². The number of ether oxygens (including phenoxy) is 2. The van der Waals surface area contributed by atoms with Gasteiger partial charge in [0.25, 0.3) is 0 Å². The standard InChI is InChI=1S/C15H19N3O4/c1-10(19)16-8-12-9-18(15(20)22-12)11-3-4-13-14(7-11)21-6-5-17(13)2/h3-4,7,12H,5-6,8-9H2,1-2H3,(H,16,19)/t12-/m0/s1. The molecule has 0 radical (unpaired) electrons. The van der Waals surface area contributed by atoms with E-state index in [2.05, 4.69) is 10.2 Å². The minimum atomic E-state index is -0.403. The summed E-state index contributed by atoms with van der Waals surface area (Å²) in [5, 5.41) is 2.66. The molecule has 1 saturated heterocycles. The van der Waals surface area contributed by atoms with Crippen molar-refractivity contribution in [3.63, 3.8) is 0 Å². The van der Waals surface area contributed by atoms with Gasteiger partial charge in [0.1, 0.15) is 18.5 Å². The van der Waals surface area contributed by atoms with Crippen LogP contribution in [0.3, 0.4) is 0 Å². The largest absolute Gasteiger partial charge is 0.489 e. The topological polar surface area (TPSA) is 71.1 Å². The van der Waals surface area contributed by atoms with Crippen molar-refractivity contribution in [1.29, 1.82) is 0 Å². The minimum absolute atomic E-state index is 0.139. The van der Waals surface area contributed by atoms with Gasteiger partial charge >= 0.3 is 6.09 Å². The maximum atomic E-state index is 12.0. The zero-order chi connectivity index (χ0) is 15.7. The molecule has 22 heavy (non-hydrogen) atoms. The molecule has 0 aliphatic carbocycles. The van der Waals surface area contributed by atoms with E-state index in [0.717, 1.165) is 23.7 Å².